The van der Waals surface area contributed by atoms with Crippen LogP contribution in [0.15, 0.2) is 48.5 Å². The number of anilines is 2. The summed E-state index contributed by atoms with van der Waals surface area (Å²) in [4.78, 5) is 62.7. The number of benzene rings is 2. The molecular formula is C24H26N4O6. The van der Waals surface area contributed by atoms with Gasteiger partial charge in [-0.25, -0.2) is 4.79 Å². The quantitative estimate of drug-likeness (QED) is 0.561. The van der Waals surface area contributed by atoms with Gasteiger partial charge >= 0.3 is 6.09 Å². The monoisotopic (exact) mass is 466 g/mol. The van der Waals surface area contributed by atoms with Crippen LogP contribution < -0.4 is 16.0 Å². The zero-order valence-corrected chi connectivity index (χ0v) is 19.3. The van der Waals surface area contributed by atoms with Crippen molar-refractivity contribution in [2.75, 3.05) is 17.2 Å². The molecule has 0 saturated heterocycles. The van der Waals surface area contributed by atoms with Gasteiger partial charge in [0.25, 0.3) is 11.8 Å². The second-order valence-corrected chi connectivity index (χ2v) is 8.68. The fraction of sp³-hybridized carbons (Fsp3) is 0.292. The highest BCUT2D eigenvalue weighted by Gasteiger charge is 2.40. The predicted molar refractivity (Wildman–Crippen MR) is 124 cm³/mol. The standard InChI is InChI=1S/C24H26N4O6/c1-14(28-21(31)17-10-5-6-11-18(17)22(28)32)20(30)27-16-9-7-8-15(12-16)26-19(29)13-25-23(33)34-24(2,3)4/h5-12,14H,13H2,1-4H3,(H,25,33)(H,26,29)(H,27,30). The summed E-state index contributed by atoms with van der Waals surface area (Å²) in [6.07, 6.45) is -0.717. The first-order valence-electron chi connectivity index (χ1n) is 10.6. The van der Waals surface area contributed by atoms with E-state index in [4.69, 9.17) is 4.74 Å². The number of fused-ring (bicyclic) bond motifs is 1. The van der Waals surface area contributed by atoms with Gasteiger partial charge in [-0.05, 0) is 58.0 Å². The van der Waals surface area contributed by atoms with Gasteiger partial charge in [0.15, 0.2) is 0 Å². The number of ether oxygens (including phenoxy) is 1. The van der Waals surface area contributed by atoms with Crippen LogP contribution in [0.4, 0.5) is 16.2 Å². The minimum absolute atomic E-state index is 0.261. The summed E-state index contributed by atoms with van der Waals surface area (Å²) in [6, 6.07) is 11.7. The summed E-state index contributed by atoms with van der Waals surface area (Å²) in [6.45, 7) is 6.29. The van der Waals surface area contributed by atoms with Crippen molar-refractivity contribution in [3.05, 3.63) is 59.7 Å². The molecule has 1 unspecified atom stereocenters. The van der Waals surface area contributed by atoms with Gasteiger partial charge in [-0.3, -0.25) is 24.1 Å². The third-order valence-electron chi connectivity index (χ3n) is 4.80. The molecule has 1 atom stereocenters. The number of rotatable bonds is 6. The van der Waals surface area contributed by atoms with Crippen LogP contribution in [-0.4, -0.2) is 52.8 Å². The Morgan fingerprint density at radius 2 is 1.47 bits per heavy atom. The second kappa shape index (κ2) is 9.74. The van der Waals surface area contributed by atoms with Crippen molar-refractivity contribution in [2.45, 2.75) is 39.3 Å². The third kappa shape index (κ3) is 5.77. The number of hydrogen-bond acceptors (Lipinski definition) is 6. The predicted octanol–water partition coefficient (Wildman–Crippen LogP) is 2.77. The lowest BCUT2D eigenvalue weighted by Crippen LogP contribution is -2.45. The number of nitrogens with one attached hydrogen (secondary N) is 3. The number of hydrogen-bond donors (Lipinski definition) is 3. The Hall–Kier alpha value is -4.21. The molecule has 10 nitrogen and oxygen atoms in total. The first-order chi connectivity index (χ1) is 16.0. The van der Waals surface area contributed by atoms with Crippen LogP contribution in [0.2, 0.25) is 0 Å². The van der Waals surface area contributed by atoms with E-state index in [1.54, 1.807) is 63.2 Å². The highest BCUT2D eigenvalue weighted by atomic mass is 16.6. The topological polar surface area (TPSA) is 134 Å². The molecule has 0 spiro atoms. The van der Waals surface area contributed by atoms with Gasteiger partial charge in [-0.1, -0.05) is 18.2 Å². The zero-order chi connectivity index (χ0) is 25.0. The molecule has 0 radical (unpaired) electrons. The molecule has 34 heavy (non-hydrogen) atoms. The molecule has 3 N–H and O–H groups in total. The summed E-state index contributed by atoms with van der Waals surface area (Å²) < 4.78 is 5.07. The summed E-state index contributed by atoms with van der Waals surface area (Å²) in [5, 5.41) is 7.61. The van der Waals surface area contributed by atoms with Gasteiger partial charge in [0.2, 0.25) is 11.8 Å². The molecule has 3 rings (SSSR count). The van der Waals surface area contributed by atoms with Crippen LogP contribution in [0, 0.1) is 0 Å². The number of nitrogens with zero attached hydrogens (tertiary/aromatic N) is 1. The molecule has 5 amide bonds. The highest BCUT2D eigenvalue weighted by Crippen LogP contribution is 2.25. The average molecular weight is 466 g/mol. The second-order valence-electron chi connectivity index (χ2n) is 8.68. The van der Waals surface area contributed by atoms with Gasteiger partial charge in [0.05, 0.1) is 11.1 Å². The van der Waals surface area contributed by atoms with E-state index in [1.807, 2.05) is 0 Å². The van der Waals surface area contributed by atoms with Crippen molar-refractivity contribution in [1.29, 1.82) is 0 Å². The molecule has 2 aromatic rings. The number of carbonyl (C=O) groups is 5. The Morgan fingerprint density at radius 3 is 2.03 bits per heavy atom. The third-order valence-corrected chi connectivity index (χ3v) is 4.80. The molecule has 0 bridgehead atoms. The SMILES string of the molecule is CC(C(=O)Nc1cccc(NC(=O)CNC(=O)OC(C)(C)C)c1)N1C(=O)c2ccccc2C1=O. The number of amides is 5. The maximum Gasteiger partial charge on any atom is 0.408 e. The van der Waals surface area contributed by atoms with E-state index in [0.717, 1.165) is 4.90 Å². The van der Waals surface area contributed by atoms with E-state index in [2.05, 4.69) is 16.0 Å². The lowest BCUT2D eigenvalue weighted by Gasteiger charge is -2.22. The van der Waals surface area contributed by atoms with Crippen molar-refractivity contribution in [3.63, 3.8) is 0 Å². The molecule has 1 aliphatic rings. The Labute approximate surface area is 196 Å². The van der Waals surface area contributed by atoms with Crippen LogP contribution in [0.25, 0.3) is 0 Å². The van der Waals surface area contributed by atoms with Crippen molar-refractivity contribution in [3.8, 4) is 0 Å². The van der Waals surface area contributed by atoms with E-state index < -0.39 is 41.4 Å². The van der Waals surface area contributed by atoms with Crippen LogP contribution >= 0.6 is 0 Å². The molecule has 0 aromatic heterocycles. The van der Waals surface area contributed by atoms with Crippen LogP contribution in [0.3, 0.4) is 0 Å². The fourth-order valence-electron chi connectivity index (χ4n) is 3.27. The van der Waals surface area contributed by atoms with Crippen molar-refractivity contribution in [2.24, 2.45) is 0 Å². The largest absolute Gasteiger partial charge is 0.444 e. The van der Waals surface area contributed by atoms with E-state index in [-0.39, 0.29) is 17.7 Å². The normalized spacial score (nSPS) is 13.7. The lowest BCUT2D eigenvalue weighted by molar-refractivity contribution is -0.119. The van der Waals surface area contributed by atoms with Gasteiger partial charge in [-0.2, -0.15) is 0 Å². The van der Waals surface area contributed by atoms with E-state index >= 15 is 0 Å². The Kier molecular flexibility index (Phi) is 7.00. The minimum Gasteiger partial charge on any atom is -0.444 e. The average Bonchev–Trinajstić information content (AvgIpc) is 3.01. The molecule has 10 heteroatoms. The lowest BCUT2D eigenvalue weighted by atomic mass is 10.1. The van der Waals surface area contributed by atoms with Crippen molar-refractivity contribution in [1.82, 2.24) is 10.2 Å². The molecular weight excluding hydrogens is 440 g/mol. The minimum atomic E-state index is -1.05. The van der Waals surface area contributed by atoms with Gasteiger partial charge in [0.1, 0.15) is 18.2 Å². The van der Waals surface area contributed by atoms with Gasteiger partial charge in [0, 0.05) is 11.4 Å². The highest BCUT2D eigenvalue weighted by molar-refractivity contribution is 6.23. The number of alkyl carbamates (subject to hydrolysis) is 1. The molecule has 1 heterocycles. The maximum absolute atomic E-state index is 12.8. The molecule has 0 aliphatic carbocycles. The molecule has 1 aliphatic heterocycles. The Balaban J connectivity index is 1.58. The molecule has 0 fully saturated rings. The van der Waals surface area contributed by atoms with E-state index in [9.17, 15) is 24.0 Å². The number of imide groups is 1. The summed E-state index contributed by atoms with van der Waals surface area (Å²) in [5.74, 6) is -2.11. The van der Waals surface area contributed by atoms with E-state index in [0.29, 0.717) is 11.4 Å². The van der Waals surface area contributed by atoms with Crippen LogP contribution in [0.1, 0.15) is 48.4 Å². The zero-order valence-electron chi connectivity index (χ0n) is 19.3. The molecule has 2 aromatic carbocycles. The first-order valence-corrected chi connectivity index (χ1v) is 10.6. The Morgan fingerprint density at radius 1 is 0.912 bits per heavy atom. The Bertz CT molecular complexity index is 1120. The summed E-state index contributed by atoms with van der Waals surface area (Å²) in [7, 11) is 0. The van der Waals surface area contributed by atoms with Gasteiger partial charge in [-0.15, -0.1) is 0 Å². The maximum atomic E-state index is 12.8. The number of carbonyl (C=O) groups excluding carboxylic acids is 5. The molecule has 0 saturated carbocycles. The van der Waals surface area contributed by atoms with Crippen molar-refractivity contribution >= 4 is 41.1 Å². The fourth-order valence-corrected chi connectivity index (χ4v) is 3.27. The van der Waals surface area contributed by atoms with Crippen LogP contribution in [-0.2, 0) is 14.3 Å². The van der Waals surface area contributed by atoms with E-state index in [1.165, 1.54) is 13.0 Å². The molecule has 178 valence electrons. The van der Waals surface area contributed by atoms with Crippen LogP contribution in [0.5, 0.6) is 0 Å². The van der Waals surface area contributed by atoms with Crippen molar-refractivity contribution < 1.29 is 28.7 Å². The van der Waals surface area contributed by atoms with Gasteiger partial charge < -0.3 is 20.7 Å². The smallest absolute Gasteiger partial charge is 0.408 e. The summed E-state index contributed by atoms with van der Waals surface area (Å²) >= 11 is 0. The first kappa shape index (κ1) is 24.4. The summed E-state index contributed by atoms with van der Waals surface area (Å²) in [5.41, 5.74) is 0.569.